The molecule has 2 rings (SSSR count). The predicted octanol–water partition coefficient (Wildman–Crippen LogP) is 2.47. The van der Waals surface area contributed by atoms with Gasteiger partial charge in [-0.1, -0.05) is 18.0 Å². The minimum Gasteiger partial charge on any atom is -0.329 e. The van der Waals surface area contributed by atoms with Crippen LogP contribution in [0, 0.1) is 5.41 Å². The molecule has 1 aliphatic rings. The highest BCUT2D eigenvalue weighted by molar-refractivity contribution is 7.20. The van der Waals surface area contributed by atoms with Crippen LogP contribution in [0.25, 0.3) is 0 Å². The fraction of sp³-hybridized carbons (Fsp3) is 0.500. The van der Waals surface area contributed by atoms with Crippen LogP contribution in [-0.4, -0.2) is 12.5 Å². The molecular formula is C10H13ClN2OS. The molecule has 82 valence electrons. The van der Waals surface area contributed by atoms with Gasteiger partial charge in [-0.25, -0.2) is 0 Å². The second kappa shape index (κ2) is 4.12. The maximum Gasteiger partial charge on any atom is 0.232 e. The van der Waals surface area contributed by atoms with E-state index >= 15 is 0 Å². The Hall–Kier alpha value is -0.580. The zero-order valence-corrected chi connectivity index (χ0v) is 9.83. The van der Waals surface area contributed by atoms with Crippen molar-refractivity contribution in [1.29, 1.82) is 0 Å². The van der Waals surface area contributed by atoms with E-state index < -0.39 is 0 Å². The van der Waals surface area contributed by atoms with Crippen LogP contribution in [0.1, 0.15) is 19.3 Å². The van der Waals surface area contributed by atoms with Gasteiger partial charge in [-0.3, -0.25) is 4.79 Å². The number of carbonyl (C=O) groups is 1. The summed E-state index contributed by atoms with van der Waals surface area (Å²) in [7, 11) is 0. The van der Waals surface area contributed by atoms with Crippen LogP contribution < -0.4 is 11.1 Å². The maximum absolute atomic E-state index is 11.9. The lowest BCUT2D eigenvalue weighted by atomic mass is 9.68. The first-order valence-corrected chi connectivity index (χ1v) is 6.13. The standard InChI is InChI=1S/C10H13ClN2OS/c11-7-2-3-8(15-7)13-9(14)10(6-12)4-1-5-10/h2-3H,1,4-6,12H2,(H,13,14). The summed E-state index contributed by atoms with van der Waals surface area (Å²) in [6.45, 7) is 0.429. The number of halogens is 1. The van der Waals surface area contributed by atoms with Crippen molar-refractivity contribution in [3.63, 3.8) is 0 Å². The van der Waals surface area contributed by atoms with E-state index in [1.807, 2.05) is 6.07 Å². The summed E-state index contributed by atoms with van der Waals surface area (Å²) in [5, 5.41) is 3.67. The summed E-state index contributed by atoms with van der Waals surface area (Å²) in [6.07, 6.45) is 2.89. The Balaban J connectivity index is 2.03. The molecule has 1 aliphatic carbocycles. The lowest BCUT2D eigenvalue weighted by molar-refractivity contribution is -0.129. The van der Waals surface area contributed by atoms with Crippen LogP contribution in [0.2, 0.25) is 4.34 Å². The molecule has 3 N–H and O–H groups in total. The molecule has 5 heteroatoms. The molecule has 0 radical (unpaired) electrons. The average Bonchev–Trinajstić information content (AvgIpc) is 2.50. The predicted molar refractivity (Wildman–Crippen MR) is 63.3 cm³/mol. The van der Waals surface area contributed by atoms with Gasteiger partial charge in [-0.15, -0.1) is 11.3 Å². The van der Waals surface area contributed by atoms with Crippen LogP contribution in [0.5, 0.6) is 0 Å². The molecule has 1 heterocycles. The number of amides is 1. The molecule has 0 aliphatic heterocycles. The van der Waals surface area contributed by atoms with Crippen molar-refractivity contribution in [2.24, 2.45) is 11.1 Å². The number of nitrogens with one attached hydrogen (secondary N) is 1. The number of carbonyl (C=O) groups excluding carboxylic acids is 1. The van der Waals surface area contributed by atoms with E-state index in [2.05, 4.69) is 5.32 Å². The molecule has 15 heavy (non-hydrogen) atoms. The van der Waals surface area contributed by atoms with E-state index in [4.69, 9.17) is 17.3 Å². The van der Waals surface area contributed by atoms with E-state index in [9.17, 15) is 4.79 Å². The SMILES string of the molecule is NCC1(C(=O)Nc2ccc(Cl)s2)CCC1. The molecule has 1 aromatic heterocycles. The van der Waals surface area contributed by atoms with Crippen molar-refractivity contribution in [2.45, 2.75) is 19.3 Å². The quantitative estimate of drug-likeness (QED) is 0.858. The topological polar surface area (TPSA) is 55.1 Å². The van der Waals surface area contributed by atoms with E-state index in [1.54, 1.807) is 6.07 Å². The minimum absolute atomic E-state index is 0.0368. The van der Waals surface area contributed by atoms with Gasteiger partial charge < -0.3 is 11.1 Å². The van der Waals surface area contributed by atoms with Gasteiger partial charge in [0.2, 0.25) is 5.91 Å². The minimum atomic E-state index is -0.323. The van der Waals surface area contributed by atoms with E-state index in [0.717, 1.165) is 24.3 Å². The Bertz CT molecular complexity index is 368. The molecule has 0 saturated heterocycles. The van der Waals surface area contributed by atoms with Crippen molar-refractivity contribution in [1.82, 2.24) is 0 Å². The molecule has 1 amide bonds. The largest absolute Gasteiger partial charge is 0.329 e. The van der Waals surface area contributed by atoms with Crippen molar-refractivity contribution >= 4 is 33.8 Å². The zero-order chi connectivity index (χ0) is 10.9. The molecule has 0 aromatic carbocycles. The third-order valence-electron chi connectivity index (χ3n) is 2.99. The Morgan fingerprint density at radius 2 is 2.33 bits per heavy atom. The summed E-state index contributed by atoms with van der Waals surface area (Å²) in [6, 6.07) is 3.59. The molecular weight excluding hydrogens is 232 g/mol. The van der Waals surface area contributed by atoms with Gasteiger partial charge in [0, 0.05) is 6.54 Å². The Morgan fingerprint density at radius 3 is 2.73 bits per heavy atom. The molecule has 0 spiro atoms. The highest BCUT2D eigenvalue weighted by Gasteiger charge is 2.42. The summed E-state index contributed by atoms with van der Waals surface area (Å²) in [5.74, 6) is 0.0368. The summed E-state index contributed by atoms with van der Waals surface area (Å²) >= 11 is 7.15. The van der Waals surface area contributed by atoms with Crippen LogP contribution in [0.4, 0.5) is 5.00 Å². The van der Waals surface area contributed by atoms with Gasteiger partial charge in [0.1, 0.15) is 0 Å². The molecule has 0 unspecified atom stereocenters. The molecule has 0 bridgehead atoms. The van der Waals surface area contributed by atoms with Crippen LogP contribution in [0.15, 0.2) is 12.1 Å². The van der Waals surface area contributed by atoms with Crippen LogP contribution >= 0.6 is 22.9 Å². The Kier molecular flexibility index (Phi) is 3.00. The lowest BCUT2D eigenvalue weighted by Gasteiger charge is -2.38. The highest BCUT2D eigenvalue weighted by Crippen LogP contribution is 2.41. The lowest BCUT2D eigenvalue weighted by Crippen LogP contribution is -2.47. The first kappa shape index (κ1) is 10.9. The molecule has 1 fully saturated rings. The molecule has 3 nitrogen and oxygen atoms in total. The first-order valence-electron chi connectivity index (χ1n) is 4.93. The second-order valence-electron chi connectivity index (χ2n) is 3.90. The van der Waals surface area contributed by atoms with E-state index in [1.165, 1.54) is 11.3 Å². The van der Waals surface area contributed by atoms with Gasteiger partial charge in [-0.05, 0) is 25.0 Å². The monoisotopic (exact) mass is 244 g/mol. The number of nitrogens with two attached hydrogens (primary N) is 1. The maximum atomic E-state index is 11.9. The van der Waals surface area contributed by atoms with Crippen molar-refractivity contribution < 1.29 is 4.79 Å². The fourth-order valence-corrected chi connectivity index (χ4v) is 2.69. The summed E-state index contributed by atoms with van der Waals surface area (Å²) in [5.41, 5.74) is 5.32. The first-order chi connectivity index (χ1) is 7.16. The fourth-order valence-electron chi connectivity index (χ4n) is 1.75. The number of anilines is 1. The molecule has 0 atom stereocenters. The van der Waals surface area contributed by atoms with E-state index in [-0.39, 0.29) is 11.3 Å². The number of hydrogen-bond acceptors (Lipinski definition) is 3. The Labute approximate surface area is 97.6 Å². The third kappa shape index (κ3) is 2.02. The van der Waals surface area contributed by atoms with Gasteiger partial charge in [-0.2, -0.15) is 0 Å². The van der Waals surface area contributed by atoms with E-state index in [0.29, 0.717) is 10.9 Å². The van der Waals surface area contributed by atoms with Crippen LogP contribution in [0.3, 0.4) is 0 Å². The smallest absolute Gasteiger partial charge is 0.232 e. The summed E-state index contributed by atoms with van der Waals surface area (Å²) in [4.78, 5) is 11.9. The third-order valence-corrected chi connectivity index (χ3v) is 4.14. The average molecular weight is 245 g/mol. The van der Waals surface area contributed by atoms with Crippen LogP contribution in [-0.2, 0) is 4.79 Å². The van der Waals surface area contributed by atoms with Gasteiger partial charge in [0.25, 0.3) is 0 Å². The number of rotatable bonds is 3. The van der Waals surface area contributed by atoms with Gasteiger partial charge in [0.05, 0.1) is 14.8 Å². The summed E-state index contributed by atoms with van der Waals surface area (Å²) < 4.78 is 0.681. The molecule has 1 aromatic rings. The second-order valence-corrected chi connectivity index (χ2v) is 5.61. The van der Waals surface area contributed by atoms with Gasteiger partial charge >= 0.3 is 0 Å². The van der Waals surface area contributed by atoms with Gasteiger partial charge in [0.15, 0.2) is 0 Å². The number of thiophene rings is 1. The number of hydrogen-bond donors (Lipinski definition) is 2. The molecule has 1 saturated carbocycles. The normalized spacial score (nSPS) is 18.3. The highest BCUT2D eigenvalue weighted by atomic mass is 35.5. The van der Waals surface area contributed by atoms with Crippen molar-refractivity contribution in [2.75, 3.05) is 11.9 Å². The van der Waals surface area contributed by atoms with Crippen molar-refractivity contribution in [3.8, 4) is 0 Å². The zero-order valence-electron chi connectivity index (χ0n) is 8.25. The Morgan fingerprint density at radius 1 is 1.60 bits per heavy atom. The van der Waals surface area contributed by atoms with Crippen molar-refractivity contribution in [3.05, 3.63) is 16.5 Å².